The Bertz CT molecular complexity index is 1180. The number of anilines is 1. The van der Waals surface area contributed by atoms with Crippen molar-refractivity contribution in [1.82, 2.24) is 9.55 Å². The molecule has 0 spiro atoms. The summed E-state index contributed by atoms with van der Waals surface area (Å²) in [5.41, 5.74) is 2.52. The van der Waals surface area contributed by atoms with Gasteiger partial charge < -0.3 is 14.0 Å². The molecule has 36 heavy (non-hydrogen) atoms. The molecule has 7 nitrogen and oxygen atoms in total. The molecule has 0 bridgehead atoms. The third kappa shape index (κ3) is 5.25. The van der Waals surface area contributed by atoms with Gasteiger partial charge in [0.15, 0.2) is 5.92 Å². The number of ether oxygens (including phenoxy) is 2. The van der Waals surface area contributed by atoms with Crippen molar-refractivity contribution >= 4 is 28.9 Å². The van der Waals surface area contributed by atoms with Gasteiger partial charge in [0.2, 0.25) is 11.9 Å². The van der Waals surface area contributed by atoms with Crippen LogP contribution in [0.4, 0.5) is 5.95 Å². The number of imidazole rings is 1. The lowest BCUT2D eigenvalue weighted by atomic mass is 9.89. The molecule has 2 atom stereocenters. The predicted octanol–water partition coefficient (Wildman–Crippen LogP) is 5.77. The molecular formula is C29H37N3O4. The lowest BCUT2D eigenvalue weighted by Crippen LogP contribution is -2.50. The Kier molecular flexibility index (Phi) is 8.28. The second-order valence-electron chi connectivity index (χ2n) is 9.74. The number of benzene rings is 2. The second kappa shape index (κ2) is 11.6. The van der Waals surface area contributed by atoms with Crippen LogP contribution >= 0.6 is 0 Å². The van der Waals surface area contributed by atoms with E-state index < -0.39 is 17.9 Å². The van der Waals surface area contributed by atoms with E-state index in [1.807, 2.05) is 53.1 Å². The van der Waals surface area contributed by atoms with E-state index in [1.54, 1.807) is 11.8 Å². The van der Waals surface area contributed by atoms with E-state index in [9.17, 15) is 9.59 Å². The molecule has 3 aromatic rings. The molecule has 1 aliphatic heterocycles. The first-order chi connectivity index (χ1) is 17.5. The number of amides is 1. The minimum absolute atomic E-state index is 0.214. The SMILES string of the molecule is CCCCCN1C(=O)[C@@H](C(=O)OCC)[C@@H](c2ccc(OCCC(C)C)cc2)n2c1nc1ccccc12. The Morgan fingerprint density at radius 1 is 1.06 bits per heavy atom. The highest BCUT2D eigenvalue weighted by Gasteiger charge is 2.47. The van der Waals surface area contributed by atoms with Gasteiger partial charge in [-0.15, -0.1) is 0 Å². The predicted molar refractivity (Wildman–Crippen MR) is 141 cm³/mol. The maximum Gasteiger partial charge on any atom is 0.321 e. The van der Waals surface area contributed by atoms with Crippen LogP contribution in [0.5, 0.6) is 5.75 Å². The van der Waals surface area contributed by atoms with E-state index in [0.29, 0.717) is 25.0 Å². The molecule has 0 unspecified atom stereocenters. The number of aromatic nitrogens is 2. The zero-order chi connectivity index (χ0) is 25.7. The van der Waals surface area contributed by atoms with Gasteiger partial charge in [-0.05, 0) is 55.5 Å². The number of unbranched alkanes of at least 4 members (excludes halogenated alkanes) is 2. The molecule has 0 N–H and O–H groups in total. The Morgan fingerprint density at radius 2 is 1.81 bits per heavy atom. The van der Waals surface area contributed by atoms with Crippen molar-refractivity contribution in [2.24, 2.45) is 11.8 Å². The van der Waals surface area contributed by atoms with Gasteiger partial charge in [-0.1, -0.05) is 57.9 Å². The smallest absolute Gasteiger partial charge is 0.321 e. The number of nitrogens with zero attached hydrogens (tertiary/aromatic N) is 3. The topological polar surface area (TPSA) is 73.7 Å². The molecule has 0 radical (unpaired) electrons. The summed E-state index contributed by atoms with van der Waals surface area (Å²) in [7, 11) is 0. The van der Waals surface area contributed by atoms with E-state index in [-0.39, 0.29) is 12.5 Å². The maximum absolute atomic E-state index is 13.9. The molecule has 1 aliphatic rings. The molecular weight excluding hydrogens is 454 g/mol. The molecule has 4 rings (SSSR count). The first-order valence-electron chi connectivity index (χ1n) is 13.1. The number of fused-ring (bicyclic) bond motifs is 3. The highest BCUT2D eigenvalue weighted by Crippen LogP contribution is 2.41. The summed E-state index contributed by atoms with van der Waals surface area (Å²) < 4.78 is 13.4. The average Bonchev–Trinajstić information content (AvgIpc) is 3.24. The van der Waals surface area contributed by atoms with Gasteiger partial charge in [0, 0.05) is 6.54 Å². The van der Waals surface area contributed by atoms with E-state index in [2.05, 4.69) is 20.8 Å². The Hall–Kier alpha value is -3.35. The lowest BCUT2D eigenvalue weighted by Gasteiger charge is -2.38. The first kappa shape index (κ1) is 25.7. The summed E-state index contributed by atoms with van der Waals surface area (Å²) in [6, 6.07) is 15.0. The highest BCUT2D eigenvalue weighted by atomic mass is 16.5. The van der Waals surface area contributed by atoms with Crippen LogP contribution in [-0.2, 0) is 14.3 Å². The lowest BCUT2D eigenvalue weighted by molar-refractivity contribution is -0.153. The molecule has 0 saturated carbocycles. The molecule has 2 aromatic carbocycles. The summed E-state index contributed by atoms with van der Waals surface area (Å²) in [6.07, 6.45) is 3.85. The molecule has 0 aliphatic carbocycles. The van der Waals surface area contributed by atoms with Crippen molar-refractivity contribution < 1.29 is 19.1 Å². The fourth-order valence-corrected chi connectivity index (χ4v) is 4.75. The fraction of sp³-hybridized carbons (Fsp3) is 0.483. The number of para-hydroxylation sites is 2. The quantitative estimate of drug-likeness (QED) is 0.193. The number of rotatable bonds is 11. The normalized spacial score (nSPS) is 17.5. The molecule has 192 valence electrons. The van der Waals surface area contributed by atoms with Crippen molar-refractivity contribution in [3.8, 4) is 5.75 Å². The van der Waals surface area contributed by atoms with E-state index in [4.69, 9.17) is 14.5 Å². The summed E-state index contributed by atoms with van der Waals surface area (Å²) >= 11 is 0. The average molecular weight is 492 g/mol. The molecule has 2 heterocycles. The minimum Gasteiger partial charge on any atom is -0.494 e. The fourth-order valence-electron chi connectivity index (χ4n) is 4.75. The molecule has 7 heteroatoms. The van der Waals surface area contributed by atoms with E-state index in [1.165, 1.54) is 0 Å². The molecule has 0 saturated heterocycles. The summed E-state index contributed by atoms with van der Waals surface area (Å²) in [5, 5.41) is 0. The van der Waals surface area contributed by atoms with Crippen LogP contribution in [0.2, 0.25) is 0 Å². The van der Waals surface area contributed by atoms with Crippen LogP contribution in [-0.4, -0.2) is 41.2 Å². The monoisotopic (exact) mass is 491 g/mol. The summed E-state index contributed by atoms with van der Waals surface area (Å²) in [4.78, 5) is 33.7. The minimum atomic E-state index is -0.996. The Labute approximate surface area is 213 Å². The van der Waals surface area contributed by atoms with Crippen molar-refractivity contribution in [3.05, 3.63) is 54.1 Å². The van der Waals surface area contributed by atoms with Crippen LogP contribution < -0.4 is 9.64 Å². The Morgan fingerprint density at radius 3 is 2.50 bits per heavy atom. The maximum atomic E-state index is 13.9. The standard InChI is InChI=1S/C29H37N3O4/c1-5-7-10-18-31-27(33)25(28(34)35-6-2)26(32-24-12-9-8-11-23(24)30-29(31)32)21-13-15-22(16-14-21)36-19-17-20(3)4/h8-9,11-16,20,25-26H,5-7,10,17-19H2,1-4H3/t25-,26+/m0/s1. The van der Waals surface area contributed by atoms with E-state index in [0.717, 1.165) is 48.0 Å². The molecule has 1 amide bonds. The van der Waals surface area contributed by atoms with Gasteiger partial charge in [-0.3, -0.25) is 14.5 Å². The molecule has 0 fully saturated rings. The largest absolute Gasteiger partial charge is 0.494 e. The summed E-state index contributed by atoms with van der Waals surface area (Å²) in [5.74, 6) is 0.162. The number of carbonyl (C=O) groups is 2. The van der Waals surface area contributed by atoms with Gasteiger partial charge in [0.05, 0.1) is 30.3 Å². The van der Waals surface area contributed by atoms with Crippen LogP contribution in [0.25, 0.3) is 11.0 Å². The molecule has 1 aromatic heterocycles. The second-order valence-corrected chi connectivity index (χ2v) is 9.74. The zero-order valence-corrected chi connectivity index (χ0v) is 21.8. The van der Waals surface area contributed by atoms with Gasteiger partial charge in [-0.25, -0.2) is 4.98 Å². The highest BCUT2D eigenvalue weighted by molar-refractivity contribution is 6.08. The van der Waals surface area contributed by atoms with Gasteiger partial charge in [0.25, 0.3) is 0 Å². The zero-order valence-electron chi connectivity index (χ0n) is 21.8. The van der Waals surface area contributed by atoms with Crippen molar-refractivity contribution in [3.63, 3.8) is 0 Å². The van der Waals surface area contributed by atoms with Crippen molar-refractivity contribution in [1.29, 1.82) is 0 Å². The van der Waals surface area contributed by atoms with Crippen LogP contribution in [0.1, 0.15) is 65.0 Å². The number of esters is 1. The number of hydrogen-bond acceptors (Lipinski definition) is 5. The van der Waals surface area contributed by atoms with Gasteiger partial charge in [-0.2, -0.15) is 0 Å². The van der Waals surface area contributed by atoms with Gasteiger partial charge >= 0.3 is 5.97 Å². The summed E-state index contributed by atoms with van der Waals surface area (Å²) in [6.45, 7) is 9.60. The van der Waals surface area contributed by atoms with E-state index >= 15 is 0 Å². The van der Waals surface area contributed by atoms with Crippen molar-refractivity contribution in [2.75, 3.05) is 24.7 Å². The van der Waals surface area contributed by atoms with Gasteiger partial charge in [0.1, 0.15) is 5.75 Å². The van der Waals surface area contributed by atoms with Crippen LogP contribution in [0.15, 0.2) is 48.5 Å². The van der Waals surface area contributed by atoms with Crippen molar-refractivity contribution in [2.45, 2.75) is 59.4 Å². The van der Waals surface area contributed by atoms with Crippen LogP contribution in [0, 0.1) is 11.8 Å². The third-order valence-corrected chi connectivity index (χ3v) is 6.66. The number of carbonyl (C=O) groups excluding carboxylic acids is 2. The third-order valence-electron chi connectivity index (χ3n) is 6.66. The Balaban J connectivity index is 1.79. The van der Waals surface area contributed by atoms with Crippen LogP contribution in [0.3, 0.4) is 0 Å². The number of hydrogen-bond donors (Lipinski definition) is 0. The first-order valence-corrected chi connectivity index (χ1v) is 13.1.